The largest absolute Gasteiger partial charge is 0.396 e. The third kappa shape index (κ3) is 3.30. The van der Waals surface area contributed by atoms with Crippen LogP contribution >= 0.6 is 0 Å². The Balaban J connectivity index is 1.99. The van der Waals surface area contributed by atoms with Crippen LogP contribution in [0.1, 0.15) is 42.9 Å². The first-order valence-electron chi connectivity index (χ1n) is 6.73. The fraction of sp³-hybridized carbons (Fsp3) is 0.600. The van der Waals surface area contributed by atoms with Gasteiger partial charge in [-0.05, 0) is 51.3 Å². The minimum atomic E-state index is 0.322. The smallest absolute Gasteiger partial charge is 0.0431 e. The van der Waals surface area contributed by atoms with Crippen LogP contribution in [0, 0.1) is 6.92 Å². The van der Waals surface area contributed by atoms with Crippen LogP contribution in [0.15, 0.2) is 24.3 Å². The number of hydrogen-bond donors (Lipinski definition) is 1. The molecule has 0 amide bonds. The molecule has 0 saturated carbocycles. The van der Waals surface area contributed by atoms with Gasteiger partial charge in [-0.15, -0.1) is 0 Å². The molecule has 0 radical (unpaired) electrons. The fourth-order valence-corrected chi connectivity index (χ4v) is 2.78. The van der Waals surface area contributed by atoms with Crippen molar-refractivity contribution in [1.82, 2.24) is 4.90 Å². The molecule has 94 valence electrons. The lowest BCUT2D eigenvalue weighted by Crippen LogP contribution is -2.24. The Bertz CT molecular complexity index is 351. The number of aliphatic hydroxyl groups is 1. The van der Waals surface area contributed by atoms with Crippen LogP contribution in [0.3, 0.4) is 0 Å². The van der Waals surface area contributed by atoms with E-state index >= 15 is 0 Å². The summed E-state index contributed by atoms with van der Waals surface area (Å²) in [4.78, 5) is 2.57. The van der Waals surface area contributed by atoms with Crippen molar-refractivity contribution in [3.8, 4) is 0 Å². The lowest BCUT2D eigenvalue weighted by molar-refractivity contribution is 0.231. The van der Waals surface area contributed by atoms with Crippen LogP contribution in [0.5, 0.6) is 0 Å². The van der Waals surface area contributed by atoms with Crippen molar-refractivity contribution >= 4 is 0 Å². The molecule has 1 aliphatic heterocycles. The summed E-state index contributed by atoms with van der Waals surface area (Å²) < 4.78 is 0. The van der Waals surface area contributed by atoms with Gasteiger partial charge < -0.3 is 5.11 Å². The van der Waals surface area contributed by atoms with E-state index < -0.39 is 0 Å². The van der Waals surface area contributed by atoms with E-state index in [0.29, 0.717) is 12.6 Å². The summed E-state index contributed by atoms with van der Waals surface area (Å²) in [7, 11) is 0. The van der Waals surface area contributed by atoms with Crippen molar-refractivity contribution < 1.29 is 5.11 Å². The molecule has 1 aromatic rings. The second-order valence-electron chi connectivity index (χ2n) is 5.04. The fourth-order valence-electron chi connectivity index (χ4n) is 2.78. The molecule has 1 fully saturated rings. The van der Waals surface area contributed by atoms with Crippen molar-refractivity contribution in [3.05, 3.63) is 35.4 Å². The molecule has 1 aliphatic rings. The van der Waals surface area contributed by atoms with E-state index in [1.165, 1.54) is 30.5 Å². The molecule has 1 unspecified atom stereocenters. The maximum absolute atomic E-state index is 8.84. The zero-order valence-corrected chi connectivity index (χ0v) is 10.7. The van der Waals surface area contributed by atoms with E-state index in [0.717, 1.165) is 19.4 Å². The van der Waals surface area contributed by atoms with Gasteiger partial charge in [0.05, 0.1) is 0 Å². The number of unbranched alkanes of at least 4 members (excludes halogenated alkanes) is 1. The van der Waals surface area contributed by atoms with Gasteiger partial charge in [-0.2, -0.15) is 0 Å². The van der Waals surface area contributed by atoms with Crippen LogP contribution in [0.25, 0.3) is 0 Å². The minimum absolute atomic E-state index is 0.322. The average molecular weight is 233 g/mol. The molecule has 2 nitrogen and oxygen atoms in total. The molecule has 1 heterocycles. The molecule has 17 heavy (non-hydrogen) atoms. The van der Waals surface area contributed by atoms with Crippen molar-refractivity contribution in [2.24, 2.45) is 0 Å². The molecule has 1 aromatic carbocycles. The van der Waals surface area contributed by atoms with E-state index in [1.807, 2.05) is 0 Å². The van der Waals surface area contributed by atoms with E-state index in [4.69, 9.17) is 5.11 Å². The summed E-state index contributed by atoms with van der Waals surface area (Å²) in [6, 6.07) is 9.49. The Morgan fingerprint density at radius 1 is 1.35 bits per heavy atom. The van der Waals surface area contributed by atoms with Crippen LogP contribution in [-0.2, 0) is 0 Å². The number of benzene rings is 1. The summed E-state index contributed by atoms with van der Waals surface area (Å²) in [6.45, 7) is 4.82. The lowest BCUT2D eigenvalue weighted by atomic mass is 10.0. The van der Waals surface area contributed by atoms with Gasteiger partial charge in [0, 0.05) is 12.6 Å². The number of aliphatic hydroxyl groups excluding tert-OH is 1. The van der Waals surface area contributed by atoms with Crippen LogP contribution in [-0.4, -0.2) is 29.7 Å². The number of nitrogens with zero attached hydrogens (tertiary/aromatic N) is 1. The molecule has 1 saturated heterocycles. The second kappa shape index (κ2) is 6.18. The maximum atomic E-state index is 8.84. The second-order valence-corrected chi connectivity index (χ2v) is 5.04. The van der Waals surface area contributed by atoms with Gasteiger partial charge in [-0.25, -0.2) is 0 Å². The van der Waals surface area contributed by atoms with Gasteiger partial charge in [0.2, 0.25) is 0 Å². The quantitative estimate of drug-likeness (QED) is 0.790. The third-order valence-electron chi connectivity index (χ3n) is 3.64. The summed E-state index contributed by atoms with van der Waals surface area (Å²) in [6.07, 6.45) is 4.62. The van der Waals surface area contributed by atoms with E-state index in [2.05, 4.69) is 36.1 Å². The Morgan fingerprint density at radius 2 is 2.24 bits per heavy atom. The number of rotatable bonds is 5. The Hall–Kier alpha value is -0.860. The van der Waals surface area contributed by atoms with Crippen molar-refractivity contribution in [1.29, 1.82) is 0 Å². The Labute approximate surface area is 104 Å². The van der Waals surface area contributed by atoms with Gasteiger partial charge in [0.15, 0.2) is 0 Å². The monoisotopic (exact) mass is 233 g/mol. The minimum Gasteiger partial charge on any atom is -0.396 e. The highest BCUT2D eigenvalue weighted by molar-refractivity contribution is 5.25. The predicted molar refractivity (Wildman–Crippen MR) is 71.0 cm³/mol. The van der Waals surface area contributed by atoms with Crippen LogP contribution in [0.2, 0.25) is 0 Å². The molecule has 2 rings (SSSR count). The van der Waals surface area contributed by atoms with Crippen molar-refractivity contribution in [2.75, 3.05) is 19.7 Å². The first-order valence-corrected chi connectivity index (χ1v) is 6.73. The first-order chi connectivity index (χ1) is 8.31. The molecule has 0 bridgehead atoms. The predicted octanol–water partition coefficient (Wildman–Crippen LogP) is 2.90. The highest BCUT2D eigenvalue weighted by Gasteiger charge is 2.25. The van der Waals surface area contributed by atoms with Gasteiger partial charge >= 0.3 is 0 Å². The van der Waals surface area contributed by atoms with E-state index in [9.17, 15) is 0 Å². The standard InChI is InChI=1S/C15H23NO/c1-13-6-4-7-14(12-13)15-8-5-10-16(15)9-2-3-11-17/h4,6-7,12,15,17H,2-3,5,8-11H2,1H3. The van der Waals surface area contributed by atoms with Gasteiger partial charge in [0.1, 0.15) is 0 Å². The SMILES string of the molecule is Cc1cccc(C2CCCN2CCCCO)c1. The lowest BCUT2D eigenvalue weighted by Gasteiger charge is -2.25. The van der Waals surface area contributed by atoms with Crippen LogP contribution in [0.4, 0.5) is 0 Å². The number of likely N-dealkylation sites (tertiary alicyclic amines) is 1. The van der Waals surface area contributed by atoms with Gasteiger partial charge in [0.25, 0.3) is 0 Å². The molecule has 1 N–H and O–H groups in total. The summed E-state index contributed by atoms with van der Waals surface area (Å²) in [5.41, 5.74) is 2.82. The van der Waals surface area contributed by atoms with Gasteiger partial charge in [-0.3, -0.25) is 4.90 Å². The third-order valence-corrected chi connectivity index (χ3v) is 3.64. The van der Waals surface area contributed by atoms with Crippen molar-refractivity contribution in [2.45, 2.75) is 38.6 Å². The zero-order valence-electron chi connectivity index (χ0n) is 10.7. The van der Waals surface area contributed by atoms with Crippen LogP contribution < -0.4 is 0 Å². The highest BCUT2D eigenvalue weighted by Crippen LogP contribution is 2.32. The number of aryl methyl sites for hydroxylation is 1. The first kappa shape index (κ1) is 12.6. The molecule has 1 atom stereocenters. The Kier molecular flexibility index (Phi) is 4.57. The molecular weight excluding hydrogens is 210 g/mol. The topological polar surface area (TPSA) is 23.5 Å². The summed E-state index contributed by atoms with van der Waals surface area (Å²) in [5.74, 6) is 0. The van der Waals surface area contributed by atoms with Gasteiger partial charge in [-0.1, -0.05) is 29.8 Å². The van der Waals surface area contributed by atoms with E-state index in [-0.39, 0.29) is 0 Å². The molecule has 0 aliphatic carbocycles. The summed E-state index contributed by atoms with van der Waals surface area (Å²) in [5, 5.41) is 8.84. The van der Waals surface area contributed by atoms with Crippen molar-refractivity contribution in [3.63, 3.8) is 0 Å². The Morgan fingerprint density at radius 3 is 3.00 bits per heavy atom. The normalized spacial score (nSPS) is 20.9. The highest BCUT2D eigenvalue weighted by atomic mass is 16.2. The molecule has 0 aromatic heterocycles. The molecule has 2 heteroatoms. The summed E-state index contributed by atoms with van der Waals surface area (Å²) >= 11 is 0. The zero-order chi connectivity index (χ0) is 12.1. The maximum Gasteiger partial charge on any atom is 0.0431 e. The molecular formula is C15H23NO. The average Bonchev–Trinajstić information content (AvgIpc) is 2.78. The van der Waals surface area contributed by atoms with E-state index in [1.54, 1.807) is 0 Å². The molecule has 0 spiro atoms. The number of hydrogen-bond acceptors (Lipinski definition) is 2.